The van der Waals surface area contributed by atoms with Crippen molar-refractivity contribution in [2.45, 2.75) is 25.3 Å². The summed E-state index contributed by atoms with van der Waals surface area (Å²) in [6, 6.07) is 2.61. The minimum atomic E-state index is -1.19. The molecule has 0 aromatic carbocycles. The van der Waals surface area contributed by atoms with E-state index in [1.54, 1.807) is 0 Å². The van der Waals surface area contributed by atoms with Gasteiger partial charge in [-0.1, -0.05) is 0 Å². The molecule has 1 atom stereocenters. The predicted molar refractivity (Wildman–Crippen MR) is 61.6 cm³/mol. The number of rotatable bonds is 3. The minimum absolute atomic E-state index is 0.000742. The van der Waals surface area contributed by atoms with Gasteiger partial charge in [-0.3, -0.25) is 4.79 Å². The van der Waals surface area contributed by atoms with Crippen molar-refractivity contribution in [3.8, 4) is 0 Å². The van der Waals surface area contributed by atoms with Crippen LogP contribution in [0.25, 0.3) is 0 Å². The van der Waals surface area contributed by atoms with Gasteiger partial charge < -0.3 is 19.6 Å². The Kier molecular flexibility index (Phi) is 3.38. The molecule has 1 saturated heterocycles. The van der Waals surface area contributed by atoms with E-state index in [2.05, 4.69) is 5.32 Å². The monoisotopic (exact) mass is 253 g/mol. The van der Waals surface area contributed by atoms with Crippen LogP contribution >= 0.6 is 0 Å². The first kappa shape index (κ1) is 12.6. The number of aromatic carboxylic acids is 1. The third-order valence-corrected chi connectivity index (χ3v) is 2.89. The molecule has 2 N–H and O–H groups in total. The highest BCUT2D eigenvalue weighted by Crippen LogP contribution is 2.19. The van der Waals surface area contributed by atoms with Crippen molar-refractivity contribution in [1.29, 1.82) is 0 Å². The molecule has 0 aliphatic carbocycles. The standard InChI is InChI=1S/C12H15NO5/c1-12(5-2-6-17-7-12)13-10(14)8-3-4-9(18-8)11(15)16/h3-4H,2,5-7H2,1H3,(H,13,14)(H,15,16). The van der Waals surface area contributed by atoms with Crippen LogP contribution in [0.1, 0.15) is 40.9 Å². The van der Waals surface area contributed by atoms with Crippen molar-refractivity contribution in [3.63, 3.8) is 0 Å². The first-order valence-electron chi connectivity index (χ1n) is 5.74. The molecule has 0 saturated carbocycles. The second-order valence-corrected chi connectivity index (χ2v) is 4.64. The van der Waals surface area contributed by atoms with Crippen LogP contribution in [0.3, 0.4) is 0 Å². The first-order chi connectivity index (χ1) is 8.50. The number of amides is 1. The Hall–Kier alpha value is -1.82. The molecular weight excluding hydrogens is 238 g/mol. The highest BCUT2D eigenvalue weighted by molar-refractivity contribution is 5.93. The predicted octanol–water partition coefficient (Wildman–Crippen LogP) is 1.28. The van der Waals surface area contributed by atoms with Gasteiger partial charge in [-0.2, -0.15) is 0 Å². The second-order valence-electron chi connectivity index (χ2n) is 4.64. The van der Waals surface area contributed by atoms with Gasteiger partial charge >= 0.3 is 5.97 Å². The van der Waals surface area contributed by atoms with Crippen molar-refractivity contribution in [3.05, 3.63) is 23.7 Å². The fourth-order valence-electron chi connectivity index (χ4n) is 1.94. The summed E-state index contributed by atoms with van der Waals surface area (Å²) in [7, 11) is 0. The summed E-state index contributed by atoms with van der Waals surface area (Å²) in [6.07, 6.45) is 1.71. The third-order valence-electron chi connectivity index (χ3n) is 2.89. The number of carbonyl (C=O) groups is 2. The van der Waals surface area contributed by atoms with Gasteiger partial charge in [-0.05, 0) is 31.9 Å². The zero-order chi connectivity index (χ0) is 13.2. The van der Waals surface area contributed by atoms with Crippen LogP contribution in [0.4, 0.5) is 0 Å². The number of carboxylic acid groups (broad SMARTS) is 1. The molecular formula is C12H15NO5. The van der Waals surface area contributed by atoms with Gasteiger partial charge in [-0.25, -0.2) is 4.79 Å². The van der Waals surface area contributed by atoms with Crippen LogP contribution in [0.2, 0.25) is 0 Å². The van der Waals surface area contributed by atoms with E-state index in [0.29, 0.717) is 13.2 Å². The Morgan fingerprint density at radius 2 is 2.11 bits per heavy atom. The van der Waals surface area contributed by atoms with E-state index in [9.17, 15) is 9.59 Å². The van der Waals surface area contributed by atoms with E-state index in [4.69, 9.17) is 14.3 Å². The van der Waals surface area contributed by atoms with Crippen LogP contribution < -0.4 is 5.32 Å². The number of hydrogen-bond acceptors (Lipinski definition) is 4. The Morgan fingerprint density at radius 3 is 2.67 bits per heavy atom. The van der Waals surface area contributed by atoms with Crippen LogP contribution in [0.5, 0.6) is 0 Å². The van der Waals surface area contributed by atoms with Crippen molar-refractivity contribution in [1.82, 2.24) is 5.32 Å². The lowest BCUT2D eigenvalue weighted by Crippen LogP contribution is -2.51. The Bertz CT molecular complexity index is 459. The largest absolute Gasteiger partial charge is 0.475 e. The molecule has 1 aliphatic rings. The van der Waals surface area contributed by atoms with Gasteiger partial charge in [-0.15, -0.1) is 0 Å². The maximum atomic E-state index is 11.9. The number of furan rings is 1. The molecule has 0 radical (unpaired) electrons. The third kappa shape index (κ3) is 2.70. The molecule has 6 heteroatoms. The van der Waals surface area contributed by atoms with Crippen molar-refractivity contribution in [2.24, 2.45) is 0 Å². The summed E-state index contributed by atoms with van der Waals surface area (Å²) < 4.78 is 10.3. The van der Waals surface area contributed by atoms with E-state index < -0.39 is 17.4 Å². The maximum Gasteiger partial charge on any atom is 0.371 e. The van der Waals surface area contributed by atoms with Crippen molar-refractivity contribution in [2.75, 3.05) is 13.2 Å². The molecule has 1 aromatic rings. The Morgan fingerprint density at radius 1 is 1.39 bits per heavy atom. The topological polar surface area (TPSA) is 88.8 Å². The lowest BCUT2D eigenvalue weighted by Gasteiger charge is -2.33. The van der Waals surface area contributed by atoms with Crippen LogP contribution in [-0.4, -0.2) is 35.7 Å². The lowest BCUT2D eigenvalue weighted by molar-refractivity contribution is 0.0265. The summed E-state index contributed by atoms with van der Waals surface area (Å²) in [6.45, 7) is 3.05. The van der Waals surface area contributed by atoms with Crippen LogP contribution in [0.15, 0.2) is 16.5 Å². The normalized spacial score (nSPS) is 23.6. The molecule has 1 unspecified atom stereocenters. The first-order valence-corrected chi connectivity index (χ1v) is 5.74. The van der Waals surface area contributed by atoms with Gasteiger partial charge in [0, 0.05) is 6.61 Å². The van der Waals surface area contributed by atoms with E-state index in [1.165, 1.54) is 12.1 Å². The molecule has 0 bridgehead atoms. The van der Waals surface area contributed by atoms with Crippen LogP contribution in [0, 0.1) is 0 Å². The molecule has 2 heterocycles. The fraction of sp³-hybridized carbons (Fsp3) is 0.500. The summed E-state index contributed by atoms with van der Waals surface area (Å²) >= 11 is 0. The minimum Gasteiger partial charge on any atom is -0.475 e. The molecule has 2 rings (SSSR count). The highest BCUT2D eigenvalue weighted by atomic mass is 16.5. The molecule has 1 aliphatic heterocycles. The molecule has 18 heavy (non-hydrogen) atoms. The average Bonchev–Trinajstić information content (AvgIpc) is 2.78. The highest BCUT2D eigenvalue weighted by Gasteiger charge is 2.30. The summed E-state index contributed by atoms with van der Waals surface area (Å²) in [5.74, 6) is -1.86. The number of nitrogens with one attached hydrogen (secondary N) is 1. The van der Waals surface area contributed by atoms with Crippen LogP contribution in [-0.2, 0) is 4.74 Å². The van der Waals surface area contributed by atoms with Gasteiger partial charge in [0.1, 0.15) is 0 Å². The average molecular weight is 253 g/mol. The van der Waals surface area contributed by atoms with Crippen molar-refractivity contribution < 1.29 is 23.8 Å². The lowest BCUT2D eigenvalue weighted by atomic mass is 9.95. The fourth-order valence-corrected chi connectivity index (χ4v) is 1.94. The molecule has 6 nitrogen and oxygen atoms in total. The number of ether oxygens (including phenoxy) is 1. The van der Waals surface area contributed by atoms with Gasteiger partial charge in [0.25, 0.3) is 5.91 Å². The van der Waals surface area contributed by atoms with Crippen molar-refractivity contribution >= 4 is 11.9 Å². The summed E-state index contributed by atoms with van der Waals surface area (Å²) in [5.41, 5.74) is -0.425. The zero-order valence-corrected chi connectivity index (χ0v) is 10.1. The number of hydrogen-bond donors (Lipinski definition) is 2. The van der Waals surface area contributed by atoms with Gasteiger partial charge in [0.2, 0.25) is 5.76 Å². The van der Waals surface area contributed by atoms with E-state index in [1.807, 2.05) is 6.92 Å². The Balaban J connectivity index is 2.04. The molecule has 1 fully saturated rings. The van der Waals surface area contributed by atoms with E-state index in [-0.39, 0.29) is 11.5 Å². The summed E-state index contributed by atoms with van der Waals surface area (Å²) in [5, 5.41) is 11.5. The summed E-state index contributed by atoms with van der Waals surface area (Å²) in [4.78, 5) is 22.5. The van der Waals surface area contributed by atoms with E-state index in [0.717, 1.165) is 12.8 Å². The second kappa shape index (κ2) is 4.81. The number of carboxylic acids is 1. The smallest absolute Gasteiger partial charge is 0.371 e. The zero-order valence-electron chi connectivity index (χ0n) is 10.1. The quantitative estimate of drug-likeness (QED) is 0.847. The Labute approximate surface area is 104 Å². The van der Waals surface area contributed by atoms with Gasteiger partial charge in [0.05, 0.1) is 12.1 Å². The molecule has 1 aromatic heterocycles. The SMILES string of the molecule is CC1(NC(=O)c2ccc(C(=O)O)o2)CCCOC1. The van der Waals surface area contributed by atoms with E-state index >= 15 is 0 Å². The molecule has 1 amide bonds. The van der Waals surface area contributed by atoms with Gasteiger partial charge in [0.15, 0.2) is 5.76 Å². The number of carbonyl (C=O) groups excluding carboxylic acids is 1. The molecule has 0 spiro atoms. The molecule has 98 valence electrons. The maximum absolute atomic E-state index is 11.9.